The van der Waals surface area contributed by atoms with Crippen molar-refractivity contribution in [1.82, 2.24) is 10.2 Å². The van der Waals surface area contributed by atoms with Gasteiger partial charge in [0, 0.05) is 23.5 Å². The van der Waals surface area contributed by atoms with Gasteiger partial charge in [0.05, 0.1) is 7.11 Å². The minimum Gasteiger partial charge on any atom is -0.497 e. The summed E-state index contributed by atoms with van der Waals surface area (Å²) in [6.45, 7) is 8.07. The smallest absolute Gasteiger partial charge is 0.251 e. The van der Waals surface area contributed by atoms with Crippen molar-refractivity contribution in [3.05, 3.63) is 89.5 Å². The number of benzene rings is 3. The number of nitrogens with one attached hydrogen (secondary N) is 2. The fourth-order valence-corrected chi connectivity index (χ4v) is 3.71. The molecule has 0 atom stereocenters. The summed E-state index contributed by atoms with van der Waals surface area (Å²) >= 11 is 0. The Hall–Kier alpha value is -3.57. The number of hydrogen-bond donors (Lipinski definition) is 2. The van der Waals surface area contributed by atoms with Gasteiger partial charge in [0.1, 0.15) is 5.75 Å². The molecule has 178 valence electrons. The molecule has 0 aliphatic carbocycles. The normalized spacial score (nSPS) is 11.1. The average molecular weight is 458 g/mol. The standard InChI is InChI=1S/C29H35N3O2/c1-4-32(5-2)19-9-18-30-29(33)25-12-8-14-27(22-25)31-26-13-6-10-23(20-26)16-17-24-11-7-15-28(21-24)34-3/h6-8,10-17,20-22,31H,4-5,9,18-19H2,1-3H3,(H,30,33)/b17-16+. The molecule has 3 aromatic carbocycles. The molecule has 2 N–H and O–H groups in total. The molecule has 0 radical (unpaired) electrons. The van der Waals surface area contributed by atoms with E-state index < -0.39 is 0 Å². The van der Waals surface area contributed by atoms with Crippen LogP contribution in [0.2, 0.25) is 0 Å². The first-order valence-electron chi connectivity index (χ1n) is 11.9. The summed E-state index contributed by atoms with van der Waals surface area (Å²) in [5, 5.41) is 6.44. The first-order valence-corrected chi connectivity index (χ1v) is 11.9. The van der Waals surface area contributed by atoms with Crippen LogP contribution < -0.4 is 15.4 Å². The summed E-state index contributed by atoms with van der Waals surface area (Å²) in [6, 6.07) is 23.7. The van der Waals surface area contributed by atoms with Gasteiger partial charge < -0.3 is 20.3 Å². The minimum atomic E-state index is -0.0434. The SMILES string of the molecule is CCN(CC)CCCNC(=O)c1cccc(Nc2cccc(/C=C/c3cccc(OC)c3)c2)c1. The fourth-order valence-electron chi connectivity index (χ4n) is 3.71. The summed E-state index contributed by atoms with van der Waals surface area (Å²) in [7, 11) is 1.67. The maximum absolute atomic E-state index is 12.6. The Morgan fingerprint density at radius 2 is 1.53 bits per heavy atom. The fraction of sp³-hybridized carbons (Fsp3) is 0.276. The van der Waals surface area contributed by atoms with Crippen molar-refractivity contribution in [1.29, 1.82) is 0 Å². The number of ether oxygens (including phenoxy) is 1. The van der Waals surface area contributed by atoms with Crippen LogP contribution in [0.5, 0.6) is 5.75 Å². The molecule has 0 spiro atoms. The number of amides is 1. The van der Waals surface area contributed by atoms with Gasteiger partial charge in [0.15, 0.2) is 0 Å². The van der Waals surface area contributed by atoms with E-state index in [0.717, 1.165) is 54.3 Å². The van der Waals surface area contributed by atoms with Crippen molar-refractivity contribution in [2.75, 3.05) is 38.6 Å². The zero-order chi connectivity index (χ0) is 24.2. The van der Waals surface area contributed by atoms with E-state index in [1.54, 1.807) is 7.11 Å². The number of methoxy groups -OCH3 is 1. The van der Waals surface area contributed by atoms with E-state index >= 15 is 0 Å². The lowest BCUT2D eigenvalue weighted by Crippen LogP contribution is -2.29. The van der Waals surface area contributed by atoms with Crippen LogP contribution in [0, 0.1) is 0 Å². The maximum Gasteiger partial charge on any atom is 0.251 e. The number of carbonyl (C=O) groups excluding carboxylic acids is 1. The molecule has 0 bridgehead atoms. The molecule has 0 fully saturated rings. The van der Waals surface area contributed by atoms with E-state index in [0.29, 0.717) is 12.1 Å². The van der Waals surface area contributed by atoms with Gasteiger partial charge >= 0.3 is 0 Å². The lowest BCUT2D eigenvalue weighted by atomic mass is 10.1. The summed E-state index contributed by atoms with van der Waals surface area (Å²) in [4.78, 5) is 14.9. The monoisotopic (exact) mass is 457 g/mol. The van der Waals surface area contributed by atoms with Gasteiger partial charge in [-0.15, -0.1) is 0 Å². The lowest BCUT2D eigenvalue weighted by molar-refractivity contribution is 0.0952. The van der Waals surface area contributed by atoms with Crippen LogP contribution in [-0.2, 0) is 0 Å². The van der Waals surface area contributed by atoms with Crippen LogP contribution in [0.4, 0.5) is 11.4 Å². The van der Waals surface area contributed by atoms with Crippen LogP contribution in [-0.4, -0.2) is 44.1 Å². The van der Waals surface area contributed by atoms with Crippen molar-refractivity contribution in [3.63, 3.8) is 0 Å². The Morgan fingerprint density at radius 1 is 0.882 bits per heavy atom. The molecule has 0 heterocycles. The Balaban J connectivity index is 1.59. The van der Waals surface area contributed by atoms with Crippen molar-refractivity contribution >= 4 is 29.4 Å². The van der Waals surface area contributed by atoms with Crippen molar-refractivity contribution in [3.8, 4) is 5.75 Å². The predicted molar refractivity (Wildman–Crippen MR) is 143 cm³/mol. The minimum absolute atomic E-state index is 0.0434. The molecule has 5 nitrogen and oxygen atoms in total. The molecule has 34 heavy (non-hydrogen) atoms. The van der Waals surface area contributed by atoms with Gasteiger partial charge in [-0.05, 0) is 79.6 Å². The zero-order valence-corrected chi connectivity index (χ0v) is 20.4. The molecule has 3 rings (SSSR count). The van der Waals surface area contributed by atoms with Crippen molar-refractivity contribution in [2.45, 2.75) is 20.3 Å². The summed E-state index contributed by atoms with van der Waals surface area (Å²) < 4.78 is 5.29. The van der Waals surface area contributed by atoms with E-state index in [1.165, 1.54) is 0 Å². The van der Waals surface area contributed by atoms with Crippen LogP contribution in [0.15, 0.2) is 72.8 Å². The predicted octanol–water partition coefficient (Wildman–Crippen LogP) is 6.07. The lowest BCUT2D eigenvalue weighted by Gasteiger charge is -2.17. The van der Waals surface area contributed by atoms with Gasteiger partial charge in [-0.2, -0.15) is 0 Å². The summed E-state index contributed by atoms with van der Waals surface area (Å²) in [5.74, 6) is 0.795. The molecular weight excluding hydrogens is 422 g/mol. The highest BCUT2D eigenvalue weighted by molar-refractivity contribution is 5.95. The van der Waals surface area contributed by atoms with Crippen molar-refractivity contribution < 1.29 is 9.53 Å². The second kappa shape index (κ2) is 13.2. The first-order chi connectivity index (χ1) is 16.6. The highest BCUT2D eigenvalue weighted by Gasteiger charge is 2.07. The van der Waals surface area contributed by atoms with Crippen LogP contribution >= 0.6 is 0 Å². The summed E-state index contributed by atoms with van der Waals surface area (Å²) in [5.41, 5.74) is 4.65. The van der Waals surface area contributed by atoms with Crippen LogP contribution in [0.1, 0.15) is 41.8 Å². The third-order valence-corrected chi connectivity index (χ3v) is 5.69. The number of hydrogen-bond acceptors (Lipinski definition) is 4. The third kappa shape index (κ3) is 7.78. The summed E-state index contributed by atoms with van der Waals surface area (Å²) in [6.07, 6.45) is 5.08. The van der Waals surface area contributed by atoms with E-state index in [4.69, 9.17) is 4.74 Å². The molecule has 5 heteroatoms. The van der Waals surface area contributed by atoms with Gasteiger partial charge in [-0.3, -0.25) is 4.79 Å². The largest absolute Gasteiger partial charge is 0.497 e. The Labute approximate surface area is 203 Å². The number of carbonyl (C=O) groups is 1. The highest BCUT2D eigenvalue weighted by atomic mass is 16.5. The van der Waals surface area contributed by atoms with Gasteiger partial charge in [-0.1, -0.05) is 56.3 Å². The van der Waals surface area contributed by atoms with Gasteiger partial charge in [0.2, 0.25) is 0 Å². The Bertz CT molecular complexity index is 1090. The van der Waals surface area contributed by atoms with E-state index in [2.05, 4.69) is 53.7 Å². The molecule has 0 aliphatic rings. The van der Waals surface area contributed by atoms with Gasteiger partial charge in [-0.25, -0.2) is 0 Å². The average Bonchev–Trinajstić information content (AvgIpc) is 2.88. The quantitative estimate of drug-likeness (QED) is 0.256. The number of anilines is 2. The first kappa shape index (κ1) is 25.1. The molecule has 0 saturated heterocycles. The van der Waals surface area contributed by atoms with Crippen LogP contribution in [0.3, 0.4) is 0 Å². The third-order valence-electron chi connectivity index (χ3n) is 5.69. The maximum atomic E-state index is 12.6. The molecule has 0 aliphatic heterocycles. The second-order valence-corrected chi connectivity index (χ2v) is 8.08. The van der Waals surface area contributed by atoms with Crippen LogP contribution in [0.25, 0.3) is 12.2 Å². The molecule has 0 aromatic heterocycles. The topological polar surface area (TPSA) is 53.6 Å². The van der Waals surface area contributed by atoms with E-state index in [-0.39, 0.29) is 5.91 Å². The molecule has 0 saturated carbocycles. The molecular formula is C29H35N3O2. The second-order valence-electron chi connectivity index (χ2n) is 8.08. The Morgan fingerprint density at radius 3 is 2.24 bits per heavy atom. The number of rotatable bonds is 12. The highest BCUT2D eigenvalue weighted by Crippen LogP contribution is 2.21. The van der Waals surface area contributed by atoms with Crippen molar-refractivity contribution in [2.24, 2.45) is 0 Å². The zero-order valence-electron chi connectivity index (χ0n) is 20.4. The Kier molecular flexibility index (Phi) is 9.74. The van der Waals surface area contributed by atoms with Gasteiger partial charge in [0.25, 0.3) is 5.91 Å². The molecule has 1 amide bonds. The van der Waals surface area contributed by atoms with E-state index in [1.807, 2.05) is 60.7 Å². The number of nitrogens with zero attached hydrogens (tertiary/aromatic N) is 1. The molecule has 3 aromatic rings. The van der Waals surface area contributed by atoms with E-state index in [9.17, 15) is 4.79 Å². The molecule has 0 unspecified atom stereocenters.